The molecule has 1 aliphatic carbocycles. The Hall–Kier alpha value is -3.34. The first kappa shape index (κ1) is 16.1. The number of nitrogens with one attached hydrogen (secondary N) is 2. The number of carbonyl (C=O) groups is 2. The predicted octanol–water partition coefficient (Wildman–Crippen LogP) is 3.61. The van der Waals surface area contributed by atoms with E-state index in [2.05, 4.69) is 28.8 Å². The highest BCUT2D eigenvalue weighted by molar-refractivity contribution is 5.94. The lowest BCUT2D eigenvalue weighted by Gasteiger charge is -2.08. The Morgan fingerprint density at radius 1 is 0.962 bits per heavy atom. The number of amides is 2. The van der Waals surface area contributed by atoms with Gasteiger partial charge in [0.05, 0.1) is 6.26 Å². The Morgan fingerprint density at radius 2 is 1.81 bits per heavy atom. The van der Waals surface area contributed by atoms with Crippen molar-refractivity contribution in [1.82, 2.24) is 5.32 Å². The van der Waals surface area contributed by atoms with Crippen molar-refractivity contribution >= 4 is 17.5 Å². The van der Waals surface area contributed by atoms with Gasteiger partial charge in [0.1, 0.15) is 0 Å². The predicted molar refractivity (Wildman–Crippen MR) is 99.0 cm³/mol. The minimum absolute atomic E-state index is 0.139. The molecule has 0 spiro atoms. The Bertz CT molecular complexity index is 961. The summed E-state index contributed by atoms with van der Waals surface area (Å²) in [5, 5.41) is 5.56. The molecule has 2 amide bonds. The number of rotatable bonds is 5. The van der Waals surface area contributed by atoms with Gasteiger partial charge in [-0.05, 0) is 52.9 Å². The van der Waals surface area contributed by atoms with E-state index in [0.717, 1.165) is 12.1 Å². The van der Waals surface area contributed by atoms with Crippen LogP contribution < -0.4 is 10.6 Å². The first-order chi connectivity index (χ1) is 12.7. The van der Waals surface area contributed by atoms with E-state index in [-0.39, 0.29) is 30.5 Å². The summed E-state index contributed by atoms with van der Waals surface area (Å²) in [5.41, 5.74) is 5.80. The average molecular weight is 346 g/mol. The van der Waals surface area contributed by atoms with Gasteiger partial charge in [0.2, 0.25) is 5.91 Å². The lowest BCUT2D eigenvalue weighted by molar-refractivity contribution is -0.116. The standard InChI is InChI=1S/C21H18N2O3/c24-20(9-10-22-21(25)19-6-3-11-26-19)23-16-7-8-18-15(13-16)12-14-4-1-2-5-17(14)18/h1-8,11,13H,9-10,12H2,(H,22,25)(H,23,24). The van der Waals surface area contributed by atoms with Crippen LogP contribution in [0.15, 0.2) is 65.3 Å². The van der Waals surface area contributed by atoms with E-state index in [0.29, 0.717) is 0 Å². The molecule has 1 aromatic heterocycles. The van der Waals surface area contributed by atoms with Crippen molar-refractivity contribution in [2.45, 2.75) is 12.8 Å². The molecular formula is C21H18N2O3. The molecule has 0 bridgehead atoms. The molecule has 2 N–H and O–H groups in total. The van der Waals surface area contributed by atoms with E-state index < -0.39 is 0 Å². The van der Waals surface area contributed by atoms with Crippen molar-refractivity contribution < 1.29 is 14.0 Å². The van der Waals surface area contributed by atoms with Crippen LogP contribution in [0.4, 0.5) is 5.69 Å². The molecule has 5 heteroatoms. The summed E-state index contributed by atoms with van der Waals surface area (Å²) in [4.78, 5) is 23.9. The zero-order valence-electron chi connectivity index (χ0n) is 14.1. The summed E-state index contributed by atoms with van der Waals surface area (Å²) in [6.45, 7) is 0.252. The summed E-state index contributed by atoms with van der Waals surface area (Å²) in [5.74, 6) is -0.220. The largest absolute Gasteiger partial charge is 0.459 e. The second kappa shape index (κ2) is 6.88. The number of anilines is 1. The SMILES string of the molecule is O=C(CCNC(=O)c1ccco1)Nc1ccc2c(c1)Cc1ccccc1-2. The Balaban J connectivity index is 1.33. The zero-order valence-corrected chi connectivity index (χ0v) is 14.1. The molecule has 2 aromatic carbocycles. The molecule has 0 saturated carbocycles. The van der Waals surface area contributed by atoms with E-state index in [1.54, 1.807) is 12.1 Å². The fourth-order valence-corrected chi connectivity index (χ4v) is 3.23. The molecule has 26 heavy (non-hydrogen) atoms. The van der Waals surface area contributed by atoms with Crippen molar-refractivity contribution in [3.63, 3.8) is 0 Å². The molecular weight excluding hydrogens is 328 g/mol. The smallest absolute Gasteiger partial charge is 0.286 e. The molecule has 0 radical (unpaired) electrons. The molecule has 1 heterocycles. The molecule has 5 nitrogen and oxygen atoms in total. The Labute approximate surface area is 151 Å². The van der Waals surface area contributed by atoms with E-state index in [9.17, 15) is 9.59 Å². The van der Waals surface area contributed by atoms with E-state index in [1.165, 1.54) is 28.5 Å². The molecule has 0 saturated heterocycles. The number of furan rings is 1. The van der Waals surface area contributed by atoms with Crippen LogP contribution in [0, 0.1) is 0 Å². The highest BCUT2D eigenvalue weighted by Gasteiger charge is 2.18. The van der Waals surface area contributed by atoms with Crippen molar-refractivity contribution in [3.05, 3.63) is 77.7 Å². The molecule has 0 aliphatic heterocycles. The van der Waals surface area contributed by atoms with Gasteiger partial charge in [-0.3, -0.25) is 9.59 Å². The second-order valence-corrected chi connectivity index (χ2v) is 6.24. The fraction of sp³-hybridized carbons (Fsp3) is 0.143. The third-order valence-corrected chi connectivity index (χ3v) is 4.46. The number of benzene rings is 2. The van der Waals surface area contributed by atoms with Crippen LogP contribution in [0.25, 0.3) is 11.1 Å². The van der Waals surface area contributed by atoms with Crippen LogP contribution in [0.2, 0.25) is 0 Å². The maximum absolute atomic E-state index is 12.1. The molecule has 3 aromatic rings. The Kier molecular flexibility index (Phi) is 4.27. The molecule has 0 unspecified atom stereocenters. The maximum atomic E-state index is 12.1. The summed E-state index contributed by atoms with van der Waals surface area (Å²) in [6, 6.07) is 17.6. The van der Waals surface area contributed by atoms with Crippen LogP contribution in [-0.2, 0) is 11.2 Å². The summed E-state index contributed by atoms with van der Waals surface area (Å²) in [6.07, 6.45) is 2.52. The fourth-order valence-electron chi connectivity index (χ4n) is 3.23. The van der Waals surface area contributed by atoms with Gasteiger partial charge >= 0.3 is 0 Å². The minimum Gasteiger partial charge on any atom is -0.459 e. The van der Waals surface area contributed by atoms with Crippen molar-refractivity contribution in [3.8, 4) is 11.1 Å². The third kappa shape index (κ3) is 3.24. The number of hydrogen-bond donors (Lipinski definition) is 2. The van der Waals surface area contributed by atoms with Crippen LogP contribution in [0.3, 0.4) is 0 Å². The summed E-state index contributed by atoms with van der Waals surface area (Å²) < 4.78 is 5.01. The van der Waals surface area contributed by atoms with Gasteiger partial charge in [0.15, 0.2) is 5.76 Å². The lowest BCUT2D eigenvalue weighted by Crippen LogP contribution is -2.27. The van der Waals surface area contributed by atoms with Crippen molar-refractivity contribution in [1.29, 1.82) is 0 Å². The number of fused-ring (bicyclic) bond motifs is 3. The number of carbonyl (C=O) groups excluding carboxylic acids is 2. The zero-order chi connectivity index (χ0) is 17.9. The maximum Gasteiger partial charge on any atom is 0.286 e. The van der Waals surface area contributed by atoms with Gasteiger partial charge in [-0.1, -0.05) is 30.3 Å². The minimum atomic E-state index is -0.321. The molecule has 0 fully saturated rings. The quantitative estimate of drug-likeness (QED) is 0.580. The second-order valence-electron chi connectivity index (χ2n) is 6.24. The molecule has 1 aliphatic rings. The van der Waals surface area contributed by atoms with Crippen molar-refractivity contribution in [2.75, 3.05) is 11.9 Å². The number of hydrogen-bond acceptors (Lipinski definition) is 3. The summed E-state index contributed by atoms with van der Waals surface area (Å²) in [7, 11) is 0. The van der Waals surface area contributed by atoms with Crippen molar-refractivity contribution in [2.24, 2.45) is 0 Å². The average Bonchev–Trinajstić information content (AvgIpc) is 3.29. The van der Waals surface area contributed by atoms with Crippen LogP contribution in [0.1, 0.15) is 28.1 Å². The topological polar surface area (TPSA) is 71.3 Å². The molecule has 4 rings (SSSR count). The third-order valence-electron chi connectivity index (χ3n) is 4.46. The molecule has 130 valence electrons. The van der Waals surface area contributed by atoms with Crippen LogP contribution in [0.5, 0.6) is 0 Å². The van der Waals surface area contributed by atoms with Gasteiger partial charge in [-0.2, -0.15) is 0 Å². The van der Waals surface area contributed by atoms with Gasteiger partial charge in [-0.15, -0.1) is 0 Å². The van der Waals surface area contributed by atoms with Crippen LogP contribution >= 0.6 is 0 Å². The first-order valence-corrected chi connectivity index (χ1v) is 8.53. The van der Waals surface area contributed by atoms with Gasteiger partial charge < -0.3 is 15.1 Å². The lowest BCUT2D eigenvalue weighted by atomic mass is 10.1. The molecule has 0 atom stereocenters. The van der Waals surface area contributed by atoms with E-state index in [4.69, 9.17) is 4.42 Å². The van der Waals surface area contributed by atoms with Gasteiger partial charge in [0.25, 0.3) is 5.91 Å². The first-order valence-electron chi connectivity index (χ1n) is 8.53. The monoisotopic (exact) mass is 346 g/mol. The van der Waals surface area contributed by atoms with E-state index in [1.807, 2.05) is 24.3 Å². The van der Waals surface area contributed by atoms with Gasteiger partial charge in [-0.25, -0.2) is 0 Å². The normalized spacial score (nSPS) is 11.5. The van der Waals surface area contributed by atoms with E-state index >= 15 is 0 Å². The van der Waals surface area contributed by atoms with Gasteiger partial charge in [0, 0.05) is 18.7 Å². The summed E-state index contributed by atoms with van der Waals surface area (Å²) >= 11 is 0. The Morgan fingerprint density at radius 3 is 2.65 bits per heavy atom. The highest BCUT2D eigenvalue weighted by Crippen LogP contribution is 2.37. The highest BCUT2D eigenvalue weighted by atomic mass is 16.3. The van der Waals surface area contributed by atoms with Crippen LogP contribution in [-0.4, -0.2) is 18.4 Å².